The predicted octanol–water partition coefficient (Wildman–Crippen LogP) is 7.33. The molecule has 2 saturated carbocycles. The summed E-state index contributed by atoms with van der Waals surface area (Å²) in [6.07, 6.45) is 10.2. The van der Waals surface area contributed by atoms with E-state index in [0.29, 0.717) is 0 Å². The Balaban J connectivity index is 0. The average Bonchev–Trinajstić information content (AvgIpc) is 3.09. The number of fused-ring (bicyclic) bond motifs is 1. The highest BCUT2D eigenvalue weighted by Crippen LogP contribution is 2.53. The van der Waals surface area contributed by atoms with Gasteiger partial charge in [0, 0.05) is 0 Å². The van der Waals surface area contributed by atoms with E-state index < -0.39 is 0 Å². The van der Waals surface area contributed by atoms with Crippen molar-refractivity contribution in [2.24, 2.45) is 23.7 Å². The summed E-state index contributed by atoms with van der Waals surface area (Å²) in [7, 11) is 0. The summed E-state index contributed by atoms with van der Waals surface area (Å²) in [6.45, 7) is 17.2. The second kappa shape index (κ2) is 14.4. The lowest BCUT2D eigenvalue weighted by Gasteiger charge is -2.08. The molecular weight excluding hydrogens is 228 g/mol. The first-order chi connectivity index (χ1) is 9.21. The summed E-state index contributed by atoms with van der Waals surface area (Å²) in [5.74, 6) is 4.45. The summed E-state index contributed by atoms with van der Waals surface area (Å²) in [5, 5.41) is 0. The van der Waals surface area contributed by atoms with Gasteiger partial charge in [-0.2, -0.15) is 0 Å². The third-order valence-electron chi connectivity index (χ3n) is 4.33. The van der Waals surface area contributed by atoms with Crippen LogP contribution in [-0.2, 0) is 0 Å². The number of rotatable bonds is 4. The van der Waals surface area contributed by atoms with E-state index in [4.69, 9.17) is 0 Å². The molecule has 2 fully saturated rings. The summed E-state index contributed by atoms with van der Waals surface area (Å²) < 4.78 is 0. The van der Waals surface area contributed by atoms with Gasteiger partial charge >= 0.3 is 0 Å². The van der Waals surface area contributed by atoms with Crippen LogP contribution >= 0.6 is 0 Å². The molecule has 2 rings (SSSR count). The summed E-state index contributed by atoms with van der Waals surface area (Å²) in [4.78, 5) is 0. The third-order valence-corrected chi connectivity index (χ3v) is 4.33. The van der Waals surface area contributed by atoms with Crippen LogP contribution in [0.3, 0.4) is 0 Å². The Morgan fingerprint density at radius 3 is 1.37 bits per heavy atom. The maximum absolute atomic E-state index is 2.38. The van der Waals surface area contributed by atoms with E-state index in [-0.39, 0.29) is 0 Å². The second-order valence-corrected chi connectivity index (χ2v) is 5.80. The minimum absolute atomic E-state index is 1.000. The maximum Gasteiger partial charge on any atom is -0.0380 e. The molecule has 2 aliphatic rings. The van der Waals surface area contributed by atoms with Crippen molar-refractivity contribution in [2.45, 2.75) is 100 Å². The molecular formula is C19H42. The highest BCUT2D eigenvalue weighted by atomic mass is 14.5. The van der Waals surface area contributed by atoms with Gasteiger partial charge in [-0.25, -0.2) is 0 Å². The molecule has 0 bridgehead atoms. The van der Waals surface area contributed by atoms with Gasteiger partial charge in [0.05, 0.1) is 0 Å². The Hall–Kier alpha value is 0. The van der Waals surface area contributed by atoms with Crippen molar-refractivity contribution in [3.63, 3.8) is 0 Å². The molecule has 19 heavy (non-hydrogen) atoms. The van der Waals surface area contributed by atoms with E-state index in [2.05, 4.69) is 27.7 Å². The molecule has 2 unspecified atom stereocenters. The highest BCUT2D eigenvalue weighted by Gasteiger charge is 2.43. The first kappa shape index (κ1) is 21.3. The van der Waals surface area contributed by atoms with Gasteiger partial charge in [0.25, 0.3) is 0 Å². The van der Waals surface area contributed by atoms with E-state index in [9.17, 15) is 0 Å². The van der Waals surface area contributed by atoms with Crippen LogP contribution in [0.25, 0.3) is 0 Å². The first-order valence-electron chi connectivity index (χ1n) is 9.21. The molecule has 0 aromatic rings. The van der Waals surface area contributed by atoms with Crippen LogP contribution in [0.4, 0.5) is 0 Å². The fraction of sp³-hybridized carbons (Fsp3) is 1.00. The standard InChI is InChI=1S/C8H18.C7H12.2C2H6/c1-4-7-8(5-2)6-3;1-5-2-6-4-7(6)3-5;2*1-2/h8H,4-7H2,1-3H3;5-7H,2-4H2,1H3;2*1-2H3. The molecule has 0 saturated heterocycles. The zero-order chi connectivity index (χ0) is 15.3. The molecule has 0 N–H and O–H groups in total. The molecule has 2 aliphatic carbocycles. The second-order valence-electron chi connectivity index (χ2n) is 5.80. The molecule has 2 atom stereocenters. The van der Waals surface area contributed by atoms with Crippen LogP contribution in [0.5, 0.6) is 0 Å². The quantitative estimate of drug-likeness (QED) is 0.501. The van der Waals surface area contributed by atoms with Crippen molar-refractivity contribution in [3.05, 3.63) is 0 Å². The van der Waals surface area contributed by atoms with Crippen molar-refractivity contribution in [2.75, 3.05) is 0 Å². The molecule has 0 radical (unpaired) electrons. The van der Waals surface area contributed by atoms with Crippen LogP contribution < -0.4 is 0 Å². The normalized spacial score (nSPS) is 26.1. The van der Waals surface area contributed by atoms with Crippen molar-refractivity contribution in [1.29, 1.82) is 0 Å². The molecule has 0 heterocycles. The van der Waals surface area contributed by atoms with Crippen LogP contribution in [0, 0.1) is 23.7 Å². The van der Waals surface area contributed by atoms with Crippen molar-refractivity contribution >= 4 is 0 Å². The summed E-state index contributed by atoms with van der Waals surface area (Å²) >= 11 is 0. The zero-order valence-electron chi connectivity index (χ0n) is 15.3. The topological polar surface area (TPSA) is 0 Å². The van der Waals surface area contributed by atoms with E-state index in [1.165, 1.54) is 37.5 Å². The van der Waals surface area contributed by atoms with E-state index in [1.54, 1.807) is 19.3 Å². The molecule has 0 heteroatoms. The Kier molecular flexibility index (Phi) is 16.2. The summed E-state index contributed by atoms with van der Waals surface area (Å²) in [6, 6.07) is 0. The van der Waals surface area contributed by atoms with Crippen molar-refractivity contribution in [3.8, 4) is 0 Å². The van der Waals surface area contributed by atoms with Gasteiger partial charge in [0.2, 0.25) is 0 Å². The largest absolute Gasteiger partial charge is 0.0683 e. The average molecular weight is 271 g/mol. The first-order valence-corrected chi connectivity index (χ1v) is 9.21. The SMILES string of the molecule is CC.CC.CC1CC2CC2C1.CCCC(CC)CC. The minimum Gasteiger partial charge on any atom is -0.0683 e. The fourth-order valence-electron chi connectivity index (χ4n) is 3.12. The highest BCUT2D eigenvalue weighted by molar-refractivity contribution is 4.94. The van der Waals surface area contributed by atoms with Gasteiger partial charge in [-0.1, -0.05) is 81.1 Å². The number of hydrogen-bond donors (Lipinski definition) is 0. The molecule has 0 aromatic heterocycles. The molecule has 0 aromatic carbocycles. The minimum atomic E-state index is 1.000. The Morgan fingerprint density at radius 1 is 0.789 bits per heavy atom. The third kappa shape index (κ3) is 10.4. The van der Waals surface area contributed by atoms with Gasteiger partial charge in [-0.15, -0.1) is 0 Å². The molecule has 0 nitrogen and oxygen atoms in total. The lowest BCUT2D eigenvalue weighted by molar-refractivity contribution is 0.451. The van der Waals surface area contributed by atoms with Crippen LogP contribution in [0.1, 0.15) is 100 Å². The molecule has 118 valence electrons. The fourth-order valence-corrected chi connectivity index (χ4v) is 3.12. The lowest BCUT2D eigenvalue weighted by Crippen LogP contribution is -1.94. The van der Waals surface area contributed by atoms with Gasteiger partial charge in [-0.3, -0.25) is 0 Å². The monoisotopic (exact) mass is 270 g/mol. The molecule has 0 spiro atoms. The maximum atomic E-state index is 2.38. The lowest BCUT2D eigenvalue weighted by atomic mass is 9.98. The Bertz CT molecular complexity index is 147. The smallest absolute Gasteiger partial charge is 0.0380 e. The predicted molar refractivity (Wildman–Crippen MR) is 91.7 cm³/mol. The van der Waals surface area contributed by atoms with Crippen molar-refractivity contribution < 1.29 is 0 Å². The Labute approximate surface area is 124 Å². The van der Waals surface area contributed by atoms with E-state index >= 15 is 0 Å². The van der Waals surface area contributed by atoms with Crippen LogP contribution in [0.2, 0.25) is 0 Å². The van der Waals surface area contributed by atoms with Gasteiger partial charge in [0.1, 0.15) is 0 Å². The van der Waals surface area contributed by atoms with E-state index in [0.717, 1.165) is 11.8 Å². The Morgan fingerprint density at radius 2 is 1.21 bits per heavy atom. The number of hydrogen-bond acceptors (Lipinski definition) is 0. The zero-order valence-corrected chi connectivity index (χ0v) is 15.3. The van der Waals surface area contributed by atoms with Crippen molar-refractivity contribution in [1.82, 2.24) is 0 Å². The van der Waals surface area contributed by atoms with Gasteiger partial charge in [0.15, 0.2) is 0 Å². The molecule has 0 aliphatic heterocycles. The van der Waals surface area contributed by atoms with Gasteiger partial charge < -0.3 is 0 Å². The van der Waals surface area contributed by atoms with E-state index in [1.807, 2.05) is 27.7 Å². The van der Waals surface area contributed by atoms with Crippen LogP contribution in [-0.4, -0.2) is 0 Å². The van der Waals surface area contributed by atoms with Crippen LogP contribution in [0.15, 0.2) is 0 Å². The van der Waals surface area contributed by atoms with Gasteiger partial charge in [-0.05, 0) is 42.9 Å². The summed E-state index contributed by atoms with van der Waals surface area (Å²) in [5.41, 5.74) is 0. The molecule has 0 amide bonds.